The topological polar surface area (TPSA) is 60.9 Å². The van der Waals surface area contributed by atoms with Gasteiger partial charge in [0.15, 0.2) is 5.78 Å². The number of carbonyl (C=O) groups excluding carboxylic acids is 1. The van der Waals surface area contributed by atoms with Crippen LogP contribution in [-0.2, 0) is 16.1 Å². The lowest BCUT2D eigenvalue weighted by Gasteiger charge is -2.46. The number of nitrogens with zero attached hydrogens (tertiary/aromatic N) is 2. The first-order valence-electron chi connectivity index (χ1n) is 8.46. The van der Waals surface area contributed by atoms with E-state index in [-0.39, 0.29) is 23.3 Å². The molecule has 1 unspecified atom stereocenters. The molecule has 1 fully saturated rings. The van der Waals surface area contributed by atoms with Gasteiger partial charge in [-0.3, -0.25) is 9.69 Å². The zero-order chi connectivity index (χ0) is 18.8. The summed E-state index contributed by atoms with van der Waals surface area (Å²) in [6.07, 6.45) is 1.67. The number of halogens is 1. The number of Topliss-reactive ketones (excluding diaryl/α,β-unsaturated/α-hetero) is 1. The van der Waals surface area contributed by atoms with Gasteiger partial charge < -0.3 is 10.0 Å². The molecule has 138 valence electrons. The van der Waals surface area contributed by atoms with Crippen molar-refractivity contribution in [1.29, 1.82) is 0 Å². The van der Waals surface area contributed by atoms with Gasteiger partial charge in [-0.1, -0.05) is 19.1 Å². The minimum Gasteiger partial charge on any atom is -0.478 e. The smallest absolute Gasteiger partial charge is 0.338 e. The summed E-state index contributed by atoms with van der Waals surface area (Å²) in [5.74, 6) is -0.421. The molecule has 2 aliphatic heterocycles. The van der Waals surface area contributed by atoms with Crippen molar-refractivity contribution < 1.29 is 19.1 Å². The maximum atomic E-state index is 13.6. The van der Waals surface area contributed by atoms with Gasteiger partial charge in [0.25, 0.3) is 0 Å². The number of aliphatic carboxylic acids is 1. The number of carboxylic acid groups (broad SMARTS) is 1. The third kappa shape index (κ3) is 3.68. The van der Waals surface area contributed by atoms with E-state index in [1.165, 1.54) is 23.9 Å². The number of benzene rings is 1. The average Bonchev–Trinajstić information content (AvgIpc) is 2.54. The normalized spacial score (nSPS) is 20.9. The number of hydrogen-bond acceptors (Lipinski definition) is 5. The molecule has 26 heavy (non-hydrogen) atoms. The largest absolute Gasteiger partial charge is 0.478 e. The Kier molecular flexibility index (Phi) is 5.48. The van der Waals surface area contributed by atoms with E-state index >= 15 is 0 Å². The number of hydrogen-bond donors (Lipinski definition) is 1. The first-order chi connectivity index (χ1) is 12.4. The second-order valence-electron chi connectivity index (χ2n) is 6.38. The van der Waals surface area contributed by atoms with Crippen LogP contribution >= 0.6 is 11.8 Å². The molecule has 7 heteroatoms. The summed E-state index contributed by atoms with van der Waals surface area (Å²) in [7, 11) is 0. The van der Waals surface area contributed by atoms with Gasteiger partial charge in [0.1, 0.15) is 12.0 Å². The number of carbonyl (C=O) groups is 2. The summed E-state index contributed by atoms with van der Waals surface area (Å²) >= 11 is 1.46. The fraction of sp³-hybridized carbons (Fsp3) is 0.368. The quantitative estimate of drug-likeness (QED) is 0.824. The molecule has 0 spiro atoms. The Morgan fingerprint density at radius 2 is 2.12 bits per heavy atom. The first kappa shape index (κ1) is 18.7. The summed E-state index contributed by atoms with van der Waals surface area (Å²) in [5, 5.41) is 10.4. The number of likely N-dealkylation sites (tertiary alicyclic amines) is 1. The van der Waals surface area contributed by atoms with Crippen LogP contribution in [0.3, 0.4) is 0 Å². The Morgan fingerprint density at radius 1 is 1.38 bits per heavy atom. The molecule has 1 aromatic rings. The second kappa shape index (κ2) is 7.63. The number of ketones is 1. The lowest BCUT2D eigenvalue weighted by Crippen LogP contribution is -2.58. The highest BCUT2D eigenvalue weighted by molar-refractivity contribution is 8.03. The summed E-state index contributed by atoms with van der Waals surface area (Å²) in [4.78, 5) is 27.3. The lowest BCUT2D eigenvalue weighted by molar-refractivity contribution is -0.134. The molecule has 0 aliphatic carbocycles. The van der Waals surface area contributed by atoms with E-state index in [1.807, 2.05) is 28.9 Å². The van der Waals surface area contributed by atoms with Gasteiger partial charge in [-0.2, -0.15) is 0 Å². The van der Waals surface area contributed by atoms with Gasteiger partial charge in [-0.25, -0.2) is 9.18 Å². The van der Waals surface area contributed by atoms with Crippen LogP contribution in [0.15, 0.2) is 46.5 Å². The van der Waals surface area contributed by atoms with Crippen molar-refractivity contribution in [3.05, 3.63) is 57.9 Å². The highest BCUT2D eigenvalue weighted by Crippen LogP contribution is 2.37. The second-order valence-corrected chi connectivity index (χ2v) is 7.64. The molecular weight excluding hydrogens is 355 g/mol. The fourth-order valence-electron chi connectivity index (χ4n) is 3.27. The predicted molar refractivity (Wildman–Crippen MR) is 98.9 cm³/mol. The highest BCUT2D eigenvalue weighted by atomic mass is 32.2. The van der Waals surface area contributed by atoms with Crippen LogP contribution in [0.4, 0.5) is 4.39 Å². The van der Waals surface area contributed by atoms with Gasteiger partial charge >= 0.3 is 5.97 Å². The van der Waals surface area contributed by atoms with E-state index < -0.39 is 5.97 Å². The first-order valence-corrected chi connectivity index (χ1v) is 9.45. The van der Waals surface area contributed by atoms with Gasteiger partial charge in [-0.05, 0) is 42.0 Å². The van der Waals surface area contributed by atoms with Crippen LogP contribution in [0.2, 0.25) is 0 Å². The maximum Gasteiger partial charge on any atom is 0.338 e. The molecular formula is C19H21FN2O3S. The van der Waals surface area contributed by atoms with E-state index in [1.54, 1.807) is 13.0 Å². The van der Waals surface area contributed by atoms with Crippen LogP contribution in [0.5, 0.6) is 0 Å². The number of rotatable bonds is 6. The molecule has 0 amide bonds. The average molecular weight is 376 g/mol. The summed E-state index contributed by atoms with van der Waals surface area (Å²) in [6.45, 7) is 4.82. The molecule has 5 nitrogen and oxygen atoms in total. The van der Waals surface area contributed by atoms with Crippen molar-refractivity contribution in [1.82, 2.24) is 9.80 Å². The van der Waals surface area contributed by atoms with Gasteiger partial charge in [0, 0.05) is 6.54 Å². The minimum atomic E-state index is -0.975. The van der Waals surface area contributed by atoms with Crippen LogP contribution < -0.4 is 0 Å². The van der Waals surface area contributed by atoms with Crippen LogP contribution in [0, 0.1) is 5.82 Å². The Hall–Kier alpha value is -2.12. The van der Waals surface area contributed by atoms with E-state index in [4.69, 9.17) is 0 Å². The minimum absolute atomic E-state index is 0.166. The Bertz CT molecular complexity index is 798. The standard InChI is InChI=1S/C19H21FN2O3S/c1-3-26-18-17(19(24)25)12(2)7-16(21-10-15(23)11-21)22(18)9-13-5-4-6-14(20)8-13/h4-8,16H,3,9-11H2,1-2H3,(H,24,25). The van der Waals surface area contributed by atoms with Gasteiger partial charge in [0.05, 0.1) is 23.7 Å². The molecule has 2 heterocycles. The molecule has 0 aromatic heterocycles. The monoisotopic (exact) mass is 376 g/mol. The Labute approximate surface area is 156 Å². The molecule has 0 bridgehead atoms. The van der Waals surface area contributed by atoms with Gasteiger partial charge in [0.2, 0.25) is 0 Å². The lowest BCUT2D eigenvalue weighted by atomic mass is 10.0. The van der Waals surface area contributed by atoms with Crippen LogP contribution in [0.1, 0.15) is 19.4 Å². The molecule has 1 atom stereocenters. The summed E-state index contributed by atoms with van der Waals surface area (Å²) < 4.78 is 13.6. The molecule has 0 radical (unpaired) electrons. The molecule has 1 N–H and O–H groups in total. The fourth-order valence-corrected chi connectivity index (χ4v) is 4.28. The Morgan fingerprint density at radius 3 is 2.69 bits per heavy atom. The third-order valence-corrected chi connectivity index (χ3v) is 5.46. The molecule has 1 aromatic carbocycles. The molecule has 1 saturated heterocycles. The van der Waals surface area contributed by atoms with E-state index in [9.17, 15) is 19.1 Å². The molecule has 0 saturated carbocycles. The zero-order valence-corrected chi connectivity index (χ0v) is 15.6. The van der Waals surface area contributed by atoms with Crippen LogP contribution in [0.25, 0.3) is 0 Å². The molecule has 2 aliphatic rings. The zero-order valence-electron chi connectivity index (χ0n) is 14.7. The van der Waals surface area contributed by atoms with Crippen molar-refractivity contribution in [3.63, 3.8) is 0 Å². The predicted octanol–water partition coefficient (Wildman–Crippen LogP) is 2.85. The van der Waals surface area contributed by atoms with Gasteiger partial charge in [-0.15, -0.1) is 11.8 Å². The Balaban J connectivity index is 2.02. The van der Waals surface area contributed by atoms with Crippen LogP contribution in [-0.4, -0.2) is 51.7 Å². The summed E-state index contributed by atoms with van der Waals surface area (Å²) in [5.41, 5.74) is 1.72. The highest BCUT2D eigenvalue weighted by Gasteiger charge is 2.38. The van der Waals surface area contributed by atoms with Crippen molar-refractivity contribution in [3.8, 4) is 0 Å². The van der Waals surface area contributed by atoms with Crippen molar-refractivity contribution >= 4 is 23.5 Å². The maximum absolute atomic E-state index is 13.6. The van der Waals surface area contributed by atoms with Crippen molar-refractivity contribution in [2.45, 2.75) is 26.6 Å². The van der Waals surface area contributed by atoms with E-state index in [2.05, 4.69) is 0 Å². The molecule has 3 rings (SSSR count). The summed E-state index contributed by atoms with van der Waals surface area (Å²) in [6, 6.07) is 6.31. The third-order valence-electron chi connectivity index (χ3n) is 4.46. The van der Waals surface area contributed by atoms with E-state index in [0.29, 0.717) is 36.0 Å². The number of carboxylic acids is 1. The van der Waals surface area contributed by atoms with E-state index in [0.717, 1.165) is 5.56 Å². The SMILES string of the molecule is CCSC1=C(C(=O)O)C(C)=CC(N2CC(=O)C2)N1Cc1cccc(F)c1. The van der Waals surface area contributed by atoms with Crippen molar-refractivity contribution in [2.24, 2.45) is 0 Å². The van der Waals surface area contributed by atoms with Crippen molar-refractivity contribution in [2.75, 3.05) is 18.8 Å². The number of thioether (sulfide) groups is 1.